The van der Waals surface area contributed by atoms with Gasteiger partial charge in [0.1, 0.15) is 4.90 Å². The molecule has 0 aromatic heterocycles. The lowest BCUT2D eigenvalue weighted by atomic mass is 10.1. The van der Waals surface area contributed by atoms with Crippen LogP contribution < -0.4 is 8.92 Å². The Bertz CT molecular complexity index is 1380. The second kappa shape index (κ2) is 8.51. The summed E-state index contributed by atoms with van der Waals surface area (Å²) in [6.07, 6.45) is 1.31. The lowest BCUT2D eigenvalue weighted by molar-refractivity contribution is 0.0660. The second-order valence-electron chi connectivity index (χ2n) is 7.43. The number of hydrogen-bond acceptors (Lipinski definition) is 7. The zero-order chi connectivity index (χ0) is 23.8. The third kappa shape index (κ3) is 4.22. The Hall–Kier alpha value is -3.98. The monoisotopic (exact) mass is 464 g/mol. The minimum atomic E-state index is -4.09. The summed E-state index contributed by atoms with van der Waals surface area (Å²) in [5.74, 6) is -0.886. The molecule has 9 heteroatoms. The molecule has 1 aliphatic rings. The van der Waals surface area contributed by atoms with Gasteiger partial charge in [0.05, 0.1) is 24.5 Å². The quantitative estimate of drug-likeness (QED) is 0.313. The molecular weight excluding hydrogens is 444 g/mol. The van der Waals surface area contributed by atoms with Crippen molar-refractivity contribution in [1.29, 1.82) is 0 Å². The molecule has 0 saturated carbocycles. The maximum Gasteiger partial charge on any atom is 0.339 e. The van der Waals surface area contributed by atoms with Crippen LogP contribution in [-0.4, -0.2) is 38.6 Å². The highest BCUT2D eigenvalue weighted by Gasteiger charge is 2.35. The number of hydrogen-bond donors (Lipinski definition) is 0. The predicted octanol–water partition coefficient (Wildman–Crippen LogP) is 3.71. The molecule has 0 radical (unpaired) electrons. The van der Waals surface area contributed by atoms with Crippen LogP contribution >= 0.6 is 0 Å². The molecule has 0 atom stereocenters. The highest BCUT2D eigenvalue weighted by molar-refractivity contribution is 7.87. The average molecular weight is 464 g/mol. The fourth-order valence-corrected chi connectivity index (χ4v) is 4.64. The van der Waals surface area contributed by atoms with E-state index in [0.29, 0.717) is 11.1 Å². The maximum absolute atomic E-state index is 12.8. The summed E-state index contributed by atoms with van der Waals surface area (Å²) in [5, 5.41) is 4.80. The van der Waals surface area contributed by atoms with Crippen molar-refractivity contribution in [2.24, 2.45) is 5.10 Å². The molecule has 3 aromatic carbocycles. The number of ether oxygens (including phenoxy) is 1. The number of rotatable bonds is 6. The summed E-state index contributed by atoms with van der Waals surface area (Å²) < 4.78 is 36.3. The fourth-order valence-electron chi connectivity index (χ4n) is 3.38. The van der Waals surface area contributed by atoms with Crippen LogP contribution in [0.1, 0.15) is 37.4 Å². The Balaban J connectivity index is 1.58. The molecule has 0 unspecified atom stereocenters. The molecular formula is C24H20N2O6S. The van der Waals surface area contributed by atoms with Gasteiger partial charge in [-0.15, -0.1) is 0 Å². The molecule has 0 saturated heterocycles. The highest BCUT2D eigenvalue weighted by Crippen LogP contribution is 2.31. The first-order chi connectivity index (χ1) is 15.7. The molecule has 0 fully saturated rings. The second-order valence-corrected chi connectivity index (χ2v) is 8.94. The van der Waals surface area contributed by atoms with Gasteiger partial charge in [-0.2, -0.15) is 18.5 Å². The van der Waals surface area contributed by atoms with Crippen LogP contribution in [0.5, 0.6) is 11.5 Å². The third-order valence-corrected chi connectivity index (χ3v) is 6.47. The zero-order valence-corrected chi connectivity index (χ0v) is 18.9. The highest BCUT2D eigenvalue weighted by atomic mass is 32.2. The van der Waals surface area contributed by atoms with E-state index in [9.17, 15) is 18.0 Å². The van der Waals surface area contributed by atoms with E-state index in [1.54, 1.807) is 50.2 Å². The van der Waals surface area contributed by atoms with E-state index in [2.05, 4.69) is 5.10 Å². The van der Waals surface area contributed by atoms with Crippen LogP contribution in [0.2, 0.25) is 0 Å². The lowest BCUT2D eigenvalue weighted by Gasteiger charge is -2.13. The number of nitrogens with zero attached hydrogens (tertiary/aromatic N) is 2. The Morgan fingerprint density at radius 2 is 1.55 bits per heavy atom. The van der Waals surface area contributed by atoms with E-state index in [1.807, 2.05) is 6.07 Å². The number of amides is 2. The molecule has 2 amide bonds. The molecule has 168 valence electrons. The molecule has 1 heterocycles. The van der Waals surface area contributed by atoms with Crippen molar-refractivity contribution in [2.45, 2.75) is 18.7 Å². The molecule has 0 aliphatic carbocycles. The SMILES string of the molecule is COc1cc(/C=N\N2C(=O)c3ccccc3C2=O)ccc1OS(=O)(=O)c1cc(C)ccc1C. The Morgan fingerprint density at radius 1 is 0.879 bits per heavy atom. The number of benzene rings is 3. The summed E-state index contributed by atoms with van der Waals surface area (Å²) in [4.78, 5) is 24.9. The van der Waals surface area contributed by atoms with E-state index >= 15 is 0 Å². The van der Waals surface area contributed by atoms with Gasteiger partial charge in [-0.1, -0.05) is 24.3 Å². The van der Waals surface area contributed by atoms with Gasteiger partial charge in [-0.3, -0.25) is 9.59 Å². The van der Waals surface area contributed by atoms with E-state index in [0.717, 1.165) is 10.6 Å². The largest absolute Gasteiger partial charge is 0.493 e. The van der Waals surface area contributed by atoms with Gasteiger partial charge in [0, 0.05) is 0 Å². The van der Waals surface area contributed by atoms with Crippen LogP contribution in [-0.2, 0) is 10.1 Å². The van der Waals surface area contributed by atoms with Crippen molar-refractivity contribution in [3.8, 4) is 11.5 Å². The average Bonchev–Trinajstić information content (AvgIpc) is 3.04. The van der Waals surface area contributed by atoms with Crippen molar-refractivity contribution in [3.63, 3.8) is 0 Å². The molecule has 4 rings (SSSR count). The smallest absolute Gasteiger partial charge is 0.339 e. The molecule has 0 bridgehead atoms. The summed E-state index contributed by atoms with van der Waals surface area (Å²) >= 11 is 0. The molecule has 33 heavy (non-hydrogen) atoms. The number of imide groups is 1. The van der Waals surface area contributed by atoms with Crippen molar-refractivity contribution >= 4 is 28.1 Å². The van der Waals surface area contributed by atoms with E-state index in [1.165, 1.54) is 31.5 Å². The summed E-state index contributed by atoms with van der Waals surface area (Å²) in [6.45, 7) is 3.48. The van der Waals surface area contributed by atoms with Crippen LogP contribution in [0, 0.1) is 13.8 Å². The number of aryl methyl sites for hydroxylation is 2. The standard InChI is InChI=1S/C24H20N2O6S/c1-15-8-9-16(2)22(12-15)33(29,30)32-20-11-10-17(13-21(20)31-3)14-25-26-23(27)18-6-4-5-7-19(18)24(26)28/h4-14H,1-3H3/b25-14-. The van der Waals surface area contributed by atoms with E-state index in [4.69, 9.17) is 8.92 Å². The molecule has 8 nitrogen and oxygen atoms in total. The first kappa shape index (κ1) is 22.2. The first-order valence-electron chi connectivity index (χ1n) is 9.93. The van der Waals surface area contributed by atoms with Crippen LogP contribution in [0.4, 0.5) is 0 Å². The van der Waals surface area contributed by atoms with Crippen molar-refractivity contribution in [1.82, 2.24) is 5.01 Å². The van der Waals surface area contributed by atoms with Crippen molar-refractivity contribution in [3.05, 3.63) is 88.5 Å². The normalized spacial score (nSPS) is 13.5. The Labute approximate surface area is 191 Å². The third-order valence-electron chi connectivity index (χ3n) is 5.10. The topological polar surface area (TPSA) is 102 Å². The molecule has 0 spiro atoms. The van der Waals surface area contributed by atoms with Gasteiger partial charge in [-0.25, -0.2) is 0 Å². The number of methoxy groups -OCH3 is 1. The Kier molecular flexibility index (Phi) is 5.73. The Morgan fingerprint density at radius 3 is 2.18 bits per heavy atom. The minimum absolute atomic E-state index is 0.00344. The summed E-state index contributed by atoms with van der Waals surface area (Å²) in [7, 11) is -2.72. The number of carbonyl (C=O) groups is 2. The van der Waals surface area contributed by atoms with Crippen molar-refractivity contribution in [2.75, 3.05) is 7.11 Å². The van der Waals surface area contributed by atoms with Gasteiger partial charge >= 0.3 is 10.1 Å². The molecule has 0 N–H and O–H groups in total. The van der Waals surface area contributed by atoms with Crippen molar-refractivity contribution < 1.29 is 26.9 Å². The molecule has 1 aliphatic heterocycles. The number of fused-ring (bicyclic) bond motifs is 1. The van der Waals surface area contributed by atoms with Gasteiger partial charge in [0.2, 0.25) is 0 Å². The predicted molar refractivity (Wildman–Crippen MR) is 121 cm³/mol. The summed E-state index contributed by atoms with van der Waals surface area (Å²) in [5.41, 5.74) is 2.40. The van der Waals surface area contributed by atoms with E-state index in [-0.39, 0.29) is 27.5 Å². The number of hydrazone groups is 1. The van der Waals surface area contributed by atoms with Crippen LogP contribution in [0.3, 0.4) is 0 Å². The molecule has 3 aromatic rings. The maximum atomic E-state index is 12.8. The van der Waals surface area contributed by atoms with Crippen LogP contribution in [0.25, 0.3) is 0 Å². The zero-order valence-electron chi connectivity index (χ0n) is 18.1. The minimum Gasteiger partial charge on any atom is -0.493 e. The lowest BCUT2D eigenvalue weighted by Crippen LogP contribution is -2.24. The van der Waals surface area contributed by atoms with Gasteiger partial charge in [0.25, 0.3) is 11.8 Å². The van der Waals surface area contributed by atoms with Gasteiger partial charge < -0.3 is 8.92 Å². The number of carbonyl (C=O) groups excluding carboxylic acids is 2. The van der Waals surface area contributed by atoms with Gasteiger partial charge in [0.15, 0.2) is 11.5 Å². The van der Waals surface area contributed by atoms with Crippen LogP contribution in [0.15, 0.2) is 70.7 Å². The summed E-state index contributed by atoms with van der Waals surface area (Å²) in [6, 6.07) is 16.0. The fraction of sp³-hybridized carbons (Fsp3) is 0.125. The van der Waals surface area contributed by atoms with E-state index < -0.39 is 21.9 Å². The first-order valence-corrected chi connectivity index (χ1v) is 11.3. The van der Waals surface area contributed by atoms with Gasteiger partial charge in [-0.05, 0) is 66.9 Å².